The Labute approximate surface area is 127 Å². The van der Waals surface area contributed by atoms with Crippen molar-refractivity contribution in [2.24, 2.45) is 0 Å². The third kappa shape index (κ3) is 2.02. The maximum Gasteiger partial charge on any atom is 0.224 e. The fraction of sp³-hybridized carbons (Fsp3) is 0.500. The van der Waals surface area contributed by atoms with Gasteiger partial charge in [0.25, 0.3) is 0 Å². The molecule has 8 heteroatoms. The molecular weight excluding hydrogens is 282 g/mol. The molecular formula is C14H17N7O. The number of piperidine rings is 1. The number of aromatic nitrogens is 6. The van der Waals surface area contributed by atoms with Crippen molar-refractivity contribution in [1.29, 1.82) is 0 Å². The lowest BCUT2D eigenvalue weighted by Gasteiger charge is -2.38. The second kappa shape index (κ2) is 4.75. The molecule has 114 valence electrons. The molecule has 3 aromatic heterocycles. The molecule has 0 spiro atoms. The zero-order valence-corrected chi connectivity index (χ0v) is 12.6. The van der Waals surface area contributed by atoms with Gasteiger partial charge >= 0.3 is 0 Å². The second-order valence-corrected chi connectivity index (χ2v) is 6.01. The summed E-state index contributed by atoms with van der Waals surface area (Å²) < 4.78 is 5.68. The molecule has 0 bridgehead atoms. The van der Waals surface area contributed by atoms with Crippen molar-refractivity contribution in [3.05, 3.63) is 24.4 Å². The first kappa shape index (κ1) is 13.2. The number of hydrogen-bond donors (Lipinski definition) is 1. The van der Waals surface area contributed by atoms with E-state index in [0.29, 0.717) is 17.4 Å². The van der Waals surface area contributed by atoms with Crippen LogP contribution in [0.15, 0.2) is 17.1 Å². The topological polar surface area (TPSA) is 96.6 Å². The molecule has 0 aliphatic carbocycles. The number of aromatic amines is 1. The molecule has 1 aliphatic heterocycles. The smallest absolute Gasteiger partial charge is 0.224 e. The van der Waals surface area contributed by atoms with Crippen LogP contribution in [0.5, 0.6) is 0 Å². The summed E-state index contributed by atoms with van der Waals surface area (Å²) in [6.07, 6.45) is 5.26. The van der Waals surface area contributed by atoms with Crippen LogP contribution in [0.3, 0.4) is 0 Å². The van der Waals surface area contributed by atoms with Gasteiger partial charge in [0.15, 0.2) is 11.5 Å². The largest absolute Gasteiger partial charge is 0.425 e. The van der Waals surface area contributed by atoms with Crippen LogP contribution in [0.2, 0.25) is 0 Å². The van der Waals surface area contributed by atoms with Gasteiger partial charge in [0, 0.05) is 20.0 Å². The summed E-state index contributed by atoms with van der Waals surface area (Å²) in [5, 5.41) is 8.19. The van der Waals surface area contributed by atoms with E-state index in [4.69, 9.17) is 4.42 Å². The highest BCUT2D eigenvalue weighted by Crippen LogP contribution is 2.35. The number of anilines is 1. The summed E-state index contributed by atoms with van der Waals surface area (Å²) in [6, 6.07) is 0. The monoisotopic (exact) mass is 299 g/mol. The van der Waals surface area contributed by atoms with Crippen LogP contribution in [-0.2, 0) is 5.41 Å². The molecule has 1 saturated heterocycles. The number of imidazole rings is 1. The van der Waals surface area contributed by atoms with E-state index < -0.39 is 0 Å². The molecule has 0 saturated carbocycles. The molecule has 1 atom stereocenters. The highest BCUT2D eigenvalue weighted by molar-refractivity contribution is 5.82. The van der Waals surface area contributed by atoms with Gasteiger partial charge in [-0.05, 0) is 19.8 Å². The molecule has 0 radical (unpaired) electrons. The lowest BCUT2D eigenvalue weighted by molar-refractivity contribution is 0.289. The number of fused-ring (bicyclic) bond motifs is 1. The molecule has 4 heterocycles. The summed E-state index contributed by atoms with van der Waals surface area (Å²) in [6.45, 7) is 5.70. The summed E-state index contributed by atoms with van der Waals surface area (Å²) in [4.78, 5) is 18.2. The fourth-order valence-electron chi connectivity index (χ4n) is 3.13. The van der Waals surface area contributed by atoms with Gasteiger partial charge in [-0.25, -0.2) is 15.0 Å². The minimum Gasteiger partial charge on any atom is -0.425 e. The van der Waals surface area contributed by atoms with E-state index in [-0.39, 0.29) is 5.41 Å². The highest BCUT2D eigenvalue weighted by Gasteiger charge is 2.38. The van der Waals surface area contributed by atoms with Gasteiger partial charge in [-0.3, -0.25) is 0 Å². The van der Waals surface area contributed by atoms with Crippen LogP contribution >= 0.6 is 0 Å². The number of nitrogens with zero attached hydrogens (tertiary/aromatic N) is 6. The Kier molecular flexibility index (Phi) is 2.85. The Morgan fingerprint density at radius 1 is 1.27 bits per heavy atom. The zero-order chi connectivity index (χ0) is 15.2. The molecule has 0 aromatic carbocycles. The average molecular weight is 299 g/mol. The molecule has 1 unspecified atom stereocenters. The predicted molar refractivity (Wildman–Crippen MR) is 79.5 cm³/mol. The van der Waals surface area contributed by atoms with Gasteiger partial charge in [-0.15, -0.1) is 10.2 Å². The third-order valence-electron chi connectivity index (χ3n) is 4.24. The van der Waals surface area contributed by atoms with Crippen LogP contribution in [-0.4, -0.2) is 43.2 Å². The molecule has 4 rings (SSSR count). The predicted octanol–water partition coefficient (Wildman–Crippen LogP) is 1.60. The zero-order valence-electron chi connectivity index (χ0n) is 12.6. The normalized spacial score (nSPS) is 22.4. The number of rotatable bonds is 2. The van der Waals surface area contributed by atoms with Crippen molar-refractivity contribution in [2.75, 3.05) is 18.0 Å². The number of nitrogens with one attached hydrogen (secondary N) is 1. The highest BCUT2D eigenvalue weighted by atomic mass is 16.4. The van der Waals surface area contributed by atoms with Crippen LogP contribution in [0.1, 0.15) is 31.5 Å². The Morgan fingerprint density at radius 3 is 3.00 bits per heavy atom. The first-order valence-electron chi connectivity index (χ1n) is 7.35. The Bertz CT molecular complexity index is 810. The molecule has 8 nitrogen and oxygen atoms in total. The van der Waals surface area contributed by atoms with E-state index in [2.05, 4.69) is 42.0 Å². The second-order valence-electron chi connectivity index (χ2n) is 6.01. The van der Waals surface area contributed by atoms with E-state index in [1.807, 2.05) is 6.92 Å². The SMILES string of the molecule is Cc1nnc(C2(C)CCCN(c3ncnc4nc[nH]c34)C2)o1. The standard InChI is InChI=1S/C14H17N7O/c1-9-19-20-13(22-9)14(2)4-3-5-21(6-14)12-10-11(16-7-15-10)17-8-18-12/h7-8H,3-6H2,1-2H3,(H,15,16,17,18). The quantitative estimate of drug-likeness (QED) is 0.767. The summed E-state index contributed by atoms with van der Waals surface area (Å²) in [5.41, 5.74) is 1.39. The van der Waals surface area contributed by atoms with Gasteiger partial charge in [0.1, 0.15) is 11.8 Å². The molecule has 0 amide bonds. The van der Waals surface area contributed by atoms with Gasteiger partial charge < -0.3 is 14.3 Å². The lowest BCUT2D eigenvalue weighted by atomic mass is 9.81. The first-order valence-corrected chi connectivity index (χ1v) is 7.35. The van der Waals surface area contributed by atoms with Crippen molar-refractivity contribution < 1.29 is 4.42 Å². The summed E-state index contributed by atoms with van der Waals surface area (Å²) in [7, 11) is 0. The number of H-pyrrole nitrogens is 1. The Balaban J connectivity index is 1.70. The summed E-state index contributed by atoms with van der Waals surface area (Å²) >= 11 is 0. The lowest BCUT2D eigenvalue weighted by Crippen LogP contribution is -2.45. The van der Waals surface area contributed by atoms with Crippen molar-refractivity contribution in [1.82, 2.24) is 30.1 Å². The van der Waals surface area contributed by atoms with E-state index >= 15 is 0 Å². The number of hydrogen-bond acceptors (Lipinski definition) is 7. The van der Waals surface area contributed by atoms with E-state index in [0.717, 1.165) is 37.3 Å². The minimum absolute atomic E-state index is 0.170. The maximum absolute atomic E-state index is 5.68. The number of aryl methyl sites for hydroxylation is 1. The molecule has 1 fully saturated rings. The minimum atomic E-state index is -0.170. The molecule has 1 N–H and O–H groups in total. The third-order valence-corrected chi connectivity index (χ3v) is 4.24. The Hall–Kier alpha value is -2.51. The van der Waals surface area contributed by atoms with Crippen molar-refractivity contribution in [3.63, 3.8) is 0 Å². The van der Waals surface area contributed by atoms with Crippen molar-refractivity contribution >= 4 is 17.0 Å². The first-order chi connectivity index (χ1) is 10.7. The van der Waals surface area contributed by atoms with Crippen LogP contribution < -0.4 is 4.90 Å². The van der Waals surface area contributed by atoms with Gasteiger partial charge in [0.2, 0.25) is 11.8 Å². The van der Waals surface area contributed by atoms with Crippen molar-refractivity contribution in [2.45, 2.75) is 32.1 Å². The average Bonchev–Trinajstić information content (AvgIpc) is 3.15. The van der Waals surface area contributed by atoms with E-state index in [1.165, 1.54) is 0 Å². The van der Waals surface area contributed by atoms with Gasteiger partial charge in [-0.1, -0.05) is 0 Å². The molecule has 3 aromatic rings. The fourth-order valence-corrected chi connectivity index (χ4v) is 3.13. The van der Waals surface area contributed by atoms with Gasteiger partial charge in [0.05, 0.1) is 11.7 Å². The summed E-state index contributed by atoms with van der Waals surface area (Å²) in [5.74, 6) is 2.18. The van der Waals surface area contributed by atoms with Crippen LogP contribution in [0.25, 0.3) is 11.2 Å². The van der Waals surface area contributed by atoms with Gasteiger partial charge in [-0.2, -0.15) is 0 Å². The van der Waals surface area contributed by atoms with E-state index in [9.17, 15) is 0 Å². The molecule has 22 heavy (non-hydrogen) atoms. The van der Waals surface area contributed by atoms with E-state index in [1.54, 1.807) is 12.7 Å². The Morgan fingerprint density at radius 2 is 2.18 bits per heavy atom. The van der Waals surface area contributed by atoms with Crippen LogP contribution in [0, 0.1) is 6.92 Å². The maximum atomic E-state index is 5.68. The molecule has 1 aliphatic rings. The van der Waals surface area contributed by atoms with Crippen LogP contribution in [0.4, 0.5) is 5.82 Å². The van der Waals surface area contributed by atoms with Crippen molar-refractivity contribution in [3.8, 4) is 0 Å².